The Balaban J connectivity index is 1.45. The fourth-order valence-electron chi connectivity index (χ4n) is 4.19. The monoisotopic (exact) mass is 354 g/mol. The van der Waals surface area contributed by atoms with E-state index < -0.39 is 0 Å². The number of rotatable bonds is 2. The van der Waals surface area contributed by atoms with Crippen LogP contribution in [0.4, 0.5) is 5.82 Å². The summed E-state index contributed by atoms with van der Waals surface area (Å²) in [5.74, 6) is 3.91. The Morgan fingerprint density at radius 2 is 2.04 bits per heavy atom. The van der Waals surface area contributed by atoms with Crippen molar-refractivity contribution >= 4 is 27.4 Å². The zero-order valence-electron chi connectivity index (χ0n) is 14.3. The summed E-state index contributed by atoms with van der Waals surface area (Å²) in [5, 5.41) is 11.2. The summed E-state index contributed by atoms with van der Waals surface area (Å²) in [6.07, 6.45) is 8.92. The van der Waals surface area contributed by atoms with Crippen molar-refractivity contribution < 1.29 is 0 Å². The molecule has 2 aliphatic rings. The van der Waals surface area contributed by atoms with E-state index in [1.165, 1.54) is 48.5 Å². The minimum absolute atomic E-state index is 0.443. The van der Waals surface area contributed by atoms with Crippen molar-refractivity contribution in [2.75, 3.05) is 18.0 Å². The molecule has 0 amide bonds. The Morgan fingerprint density at radius 1 is 1.04 bits per heavy atom. The van der Waals surface area contributed by atoms with Gasteiger partial charge in [-0.15, -0.1) is 21.5 Å². The molecule has 2 aliphatic heterocycles. The van der Waals surface area contributed by atoms with Crippen LogP contribution in [-0.2, 0) is 13.0 Å². The zero-order chi connectivity index (χ0) is 16.6. The van der Waals surface area contributed by atoms with Crippen molar-refractivity contribution in [1.29, 1.82) is 0 Å². The van der Waals surface area contributed by atoms with Crippen LogP contribution in [0.5, 0.6) is 0 Å². The molecule has 0 aliphatic carbocycles. The van der Waals surface area contributed by atoms with E-state index in [9.17, 15) is 0 Å². The number of anilines is 1. The van der Waals surface area contributed by atoms with E-state index in [4.69, 9.17) is 0 Å². The summed E-state index contributed by atoms with van der Waals surface area (Å²) in [4.78, 5) is 11.4. The largest absolute Gasteiger partial charge is 0.355 e. The Kier molecular flexibility index (Phi) is 3.88. The highest BCUT2D eigenvalue weighted by molar-refractivity contribution is 7.17. The summed E-state index contributed by atoms with van der Waals surface area (Å²) in [6, 6.07) is 2.07. The van der Waals surface area contributed by atoms with Crippen molar-refractivity contribution in [2.24, 2.45) is 0 Å². The van der Waals surface area contributed by atoms with Gasteiger partial charge in [0.2, 0.25) is 0 Å². The molecule has 5 heterocycles. The predicted molar refractivity (Wildman–Crippen MR) is 99.2 cm³/mol. The highest BCUT2D eigenvalue weighted by atomic mass is 32.1. The number of aryl methyl sites for hydroxylation is 1. The number of hydrogen-bond donors (Lipinski definition) is 0. The lowest BCUT2D eigenvalue weighted by Crippen LogP contribution is -2.36. The van der Waals surface area contributed by atoms with E-state index in [0.717, 1.165) is 37.4 Å². The predicted octanol–water partition coefficient (Wildman–Crippen LogP) is 3.39. The van der Waals surface area contributed by atoms with Crippen molar-refractivity contribution in [3.05, 3.63) is 29.4 Å². The maximum atomic E-state index is 4.60. The first-order chi connectivity index (χ1) is 12.4. The van der Waals surface area contributed by atoms with Gasteiger partial charge in [0, 0.05) is 32.0 Å². The van der Waals surface area contributed by atoms with Gasteiger partial charge in [-0.1, -0.05) is 6.42 Å². The fourth-order valence-corrected chi connectivity index (χ4v) is 5.05. The lowest BCUT2D eigenvalue weighted by Gasteiger charge is -2.33. The molecule has 1 saturated heterocycles. The van der Waals surface area contributed by atoms with Crippen molar-refractivity contribution in [3.63, 3.8) is 0 Å². The second kappa shape index (κ2) is 6.37. The highest BCUT2D eigenvalue weighted by Crippen LogP contribution is 2.34. The summed E-state index contributed by atoms with van der Waals surface area (Å²) < 4.78 is 3.60. The maximum Gasteiger partial charge on any atom is 0.150 e. The minimum atomic E-state index is 0.443. The molecule has 5 rings (SSSR count). The number of piperidine rings is 1. The molecule has 1 fully saturated rings. The Hall–Kier alpha value is -2.02. The molecule has 7 heteroatoms. The van der Waals surface area contributed by atoms with Gasteiger partial charge in [0.15, 0.2) is 0 Å². The van der Waals surface area contributed by atoms with E-state index in [2.05, 4.69) is 41.1 Å². The second-order valence-corrected chi connectivity index (χ2v) is 7.97. The number of fused-ring (bicyclic) bond motifs is 2. The second-order valence-electron chi connectivity index (χ2n) is 7.05. The Bertz CT molecular complexity index is 885. The SMILES string of the molecule is c1nc(N2CCC[C@@H](c3nnc4n3CCCCC4)C2)c2sccc2n1. The normalized spacial score (nSPS) is 21.3. The highest BCUT2D eigenvalue weighted by Gasteiger charge is 2.28. The van der Waals surface area contributed by atoms with Gasteiger partial charge < -0.3 is 9.47 Å². The van der Waals surface area contributed by atoms with Gasteiger partial charge in [-0.25, -0.2) is 9.97 Å². The molecule has 0 N–H and O–H groups in total. The van der Waals surface area contributed by atoms with E-state index in [0.29, 0.717) is 5.92 Å². The first-order valence-electron chi connectivity index (χ1n) is 9.25. The van der Waals surface area contributed by atoms with E-state index in [1.54, 1.807) is 17.7 Å². The van der Waals surface area contributed by atoms with Crippen LogP contribution in [0, 0.1) is 0 Å². The number of thiophene rings is 1. The summed E-state index contributed by atoms with van der Waals surface area (Å²) in [5.41, 5.74) is 1.05. The lowest BCUT2D eigenvalue weighted by molar-refractivity contribution is 0.464. The molecule has 130 valence electrons. The molecule has 0 aromatic carbocycles. The third-order valence-electron chi connectivity index (χ3n) is 5.45. The van der Waals surface area contributed by atoms with Crippen LogP contribution in [0.1, 0.15) is 49.7 Å². The minimum Gasteiger partial charge on any atom is -0.355 e. The number of nitrogens with zero attached hydrogens (tertiary/aromatic N) is 6. The molecule has 0 unspecified atom stereocenters. The van der Waals surface area contributed by atoms with Gasteiger partial charge in [0.25, 0.3) is 0 Å². The molecule has 25 heavy (non-hydrogen) atoms. The van der Waals surface area contributed by atoms with Crippen LogP contribution in [0.2, 0.25) is 0 Å². The zero-order valence-corrected chi connectivity index (χ0v) is 15.1. The molecular formula is C18H22N6S. The van der Waals surface area contributed by atoms with Crippen molar-refractivity contribution in [2.45, 2.75) is 51.0 Å². The Morgan fingerprint density at radius 3 is 3.04 bits per heavy atom. The molecule has 1 atom stereocenters. The molecule has 6 nitrogen and oxygen atoms in total. The average molecular weight is 354 g/mol. The van der Waals surface area contributed by atoms with Crippen LogP contribution < -0.4 is 4.90 Å². The van der Waals surface area contributed by atoms with E-state index in [1.807, 2.05) is 0 Å². The fraction of sp³-hybridized carbons (Fsp3) is 0.556. The first kappa shape index (κ1) is 15.3. The maximum absolute atomic E-state index is 4.60. The van der Waals surface area contributed by atoms with Gasteiger partial charge >= 0.3 is 0 Å². The van der Waals surface area contributed by atoms with Gasteiger partial charge in [-0.2, -0.15) is 0 Å². The molecule has 0 saturated carbocycles. The molecular weight excluding hydrogens is 332 g/mol. The molecule has 0 radical (unpaired) electrons. The van der Waals surface area contributed by atoms with Crippen LogP contribution in [0.25, 0.3) is 10.2 Å². The molecule has 0 bridgehead atoms. The lowest BCUT2D eigenvalue weighted by atomic mass is 9.97. The number of hydrogen-bond acceptors (Lipinski definition) is 6. The van der Waals surface area contributed by atoms with Crippen molar-refractivity contribution in [1.82, 2.24) is 24.7 Å². The summed E-state index contributed by atoms with van der Waals surface area (Å²) in [6.45, 7) is 3.11. The summed E-state index contributed by atoms with van der Waals surface area (Å²) >= 11 is 1.73. The third-order valence-corrected chi connectivity index (χ3v) is 6.35. The molecule has 3 aromatic heterocycles. The van der Waals surface area contributed by atoms with Crippen LogP contribution in [0.15, 0.2) is 17.8 Å². The van der Waals surface area contributed by atoms with E-state index >= 15 is 0 Å². The summed E-state index contributed by atoms with van der Waals surface area (Å²) in [7, 11) is 0. The van der Waals surface area contributed by atoms with Gasteiger partial charge in [0.1, 0.15) is 23.8 Å². The third kappa shape index (κ3) is 2.70. The standard InChI is InChI=1S/C18H22N6S/c1-2-6-15-21-22-17(24(15)9-3-1)13-5-4-8-23(11-13)18-16-14(7-10-25-16)19-12-20-18/h7,10,12-13H,1-6,8-9,11H2/t13-/m1/s1. The van der Waals surface area contributed by atoms with Crippen LogP contribution in [-0.4, -0.2) is 37.8 Å². The average Bonchev–Trinajstić information content (AvgIpc) is 3.23. The Labute approximate surface area is 150 Å². The van der Waals surface area contributed by atoms with Crippen LogP contribution in [0.3, 0.4) is 0 Å². The smallest absolute Gasteiger partial charge is 0.150 e. The first-order valence-corrected chi connectivity index (χ1v) is 10.1. The number of aromatic nitrogens is 5. The topological polar surface area (TPSA) is 59.7 Å². The molecule has 0 spiro atoms. The quantitative estimate of drug-likeness (QED) is 0.706. The van der Waals surface area contributed by atoms with Gasteiger partial charge in [-0.05, 0) is 37.1 Å². The van der Waals surface area contributed by atoms with Crippen molar-refractivity contribution in [3.8, 4) is 0 Å². The van der Waals surface area contributed by atoms with Gasteiger partial charge in [0.05, 0.1) is 10.2 Å². The van der Waals surface area contributed by atoms with Gasteiger partial charge in [-0.3, -0.25) is 0 Å². The van der Waals surface area contributed by atoms with Crippen LogP contribution >= 0.6 is 11.3 Å². The van der Waals surface area contributed by atoms with E-state index in [-0.39, 0.29) is 0 Å². The molecule has 3 aromatic rings.